The monoisotopic (exact) mass is 481 g/mol. The molecule has 0 saturated carbocycles. The minimum absolute atomic E-state index is 0.0978. The maximum atomic E-state index is 13.5. The van der Waals surface area contributed by atoms with Crippen molar-refractivity contribution >= 4 is 27.8 Å². The van der Waals surface area contributed by atoms with Crippen LogP contribution in [-0.4, -0.2) is 41.3 Å². The number of carbonyl (C=O) groups excluding carboxylic acids is 1. The molecule has 178 valence electrons. The largest absolute Gasteiger partial charge is 0.497 e. The fourth-order valence-electron chi connectivity index (χ4n) is 3.25. The first-order valence-electron chi connectivity index (χ1n) is 10.4. The lowest BCUT2D eigenvalue weighted by Gasteiger charge is -2.25. The molecule has 3 aromatic carbocycles. The number of benzene rings is 3. The summed E-state index contributed by atoms with van der Waals surface area (Å²) in [5.74, 6) is 0.539. The second-order valence-corrected chi connectivity index (χ2v) is 9.37. The molecule has 0 saturated heterocycles. The highest BCUT2D eigenvalue weighted by Gasteiger charge is 2.28. The highest BCUT2D eigenvalue weighted by molar-refractivity contribution is 7.92. The van der Waals surface area contributed by atoms with E-state index in [0.717, 1.165) is 15.4 Å². The Morgan fingerprint density at radius 1 is 1.00 bits per heavy atom. The van der Waals surface area contributed by atoms with Crippen molar-refractivity contribution < 1.29 is 22.7 Å². The zero-order valence-electron chi connectivity index (χ0n) is 19.5. The molecule has 1 N–H and O–H groups in total. The van der Waals surface area contributed by atoms with Crippen LogP contribution in [0.2, 0.25) is 0 Å². The van der Waals surface area contributed by atoms with Crippen LogP contribution in [0.25, 0.3) is 0 Å². The normalized spacial score (nSPS) is 11.3. The van der Waals surface area contributed by atoms with Crippen molar-refractivity contribution in [3.05, 3.63) is 83.4 Å². The number of amides is 1. The van der Waals surface area contributed by atoms with Gasteiger partial charge in [-0.25, -0.2) is 13.8 Å². The second-order valence-electron chi connectivity index (χ2n) is 7.51. The summed E-state index contributed by atoms with van der Waals surface area (Å²) in [6.45, 7) is 3.22. The minimum Gasteiger partial charge on any atom is -0.497 e. The number of hydrogen-bond donors (Lipinski definition) is 1. The molecule has 9 heteroatoms. The molecule has 0 radical (unpaired) electrons. The number of nitrogens with one attached hydrogen (secondary N) is 1. The standard InChI is InChI=1S/C25H27N3O5S/c1-18-9-13-22(14-10-18)34(30,31)28(23-8-6-5-7-19(23)2)17-25(29)27-26-16-20-11-12-21(32-3)15-24(20)33-4/h5-16H,17H2,1-4H3,(H,27,29)/b26-16+. The second kappa shape index (κ2) is 10.8. The number of rotatable bonds is 9. The third-order valence-corrected chi connectivity index (χ3v) is 6.89. The van der Waals surface area contributed by atoms with E-state index in [1.165, 1.54) is 25.5 Å². The van der Waals surface area contributed by atoms with E-state index < -0.39 is 22.5 Å². The quantitative estimate of drug-likeness (QED) is 0.372. The molecular formula is C25H27N3O5S. The summed E-state index contributed by atoms with van der Waals surface area (Å²) in [6, 6.07) is 18.6. The van der Waals surface area contributed by atoms with Gasteiger partial charge in [-0.05, 0) is 49.7 Å². The van der Waals surface area contributed by atoms with E-state index in [0.29, 0.717) is 22.7 Å². The number of anilines is 1. The molecule has 0 bridgehead atoms. The van der Waals surface area contributed by atoms with Gasteiger partial charge in [-0.2, -0.15) is 5.10 Å². The van der Waals surface area contributed by atoms with E-state index in [1.54, 1.807) is 62.6 Å². The summed E-state index contributed by atoms with van der Waals surface area (Å²) in [6.07, 6.45) is 1.42. The maximum Gasteiger partial charge on any atom is 0.264 e. The molecular weight excluding hydrogens is 454 g/mol. The van der Waals surface area contributed by atoms with E-state index in [4.69, 9.17) is 9.47 Å². The number of hydrogen-bond acceptors (Lipinski definition) is 6. The summed E-state index contributed by atoms with van der Waals surface area (Å²) < 4.78 is 38.5. The van der Waals surface area contributed by atoms with Gasteiger partial charge < -0.3 is 9.47 Å². The van der Waals surface area contributed by atoms with Crippen LogP contribution >= 0.6 is 0 Å². The molecule has 0 aliphatic heterocycles. The van der Waals surface area contributed by atoms with E-state index in [9.17, 15) is 13.2 Å². The van der Waals surface area contributed by atoms with Crippen molar-refractivity contribution in [3.8, 4) is 11.5 Å². The first-order chi connectivity index (χ1) is 16.3. The number of para-hydroxylation sites is 1. The van der Waals surface area contributed by atoms with Crippen LogP contribution in [0, 0.1) is 13.8 Å². The lowest BCUT2D eigenvalue weighted by atomic mass is 10.2. The topological polar surface area (TPSA) is 97.3 Å². The molecule has 0 aliphatic rings. The molecule has 0 heterocycles. The van der Waals surface area contributed by atoms with Crippen molar-refractivity contribution in [3.63, 3.8) is 0 Å². The molecule has 0 fully saturated rings. The van der Waals surface area contributed by atoms with Gasteiger partial charge in [0.05, 0.1) is 31.0 Å². The number of carbonyl (C=O) groups is 1. The van der Waals surface area contributed by atoms with Gasteiger partial charge in [0, 0.05) is 11.6 Å². The predicted molar refractivity (Wildman–Crippen MR) is 132 cm³/mol. The van der Waals surface area contributed by atoms with Crippen molar-refractivity contribution in [2.75, 3.05) is 25.1 Å². The summed E-state index contributed by atoms with van der Waals surface area (Å²) in [5, 5.41) is 3.97. The average molecular weight is 482 g/mol. The van der Waals surface area contributed by atoms with Crippen LogP contribution in [0.15, 0.2) is 76.7 Å². The van der Waals surface area contributed by atoms with Gasteiger partial charge in [-0.3, -0.25) is 9.10 Å². The van der Waals surface area contributed by atoms with Crippen molar-refractivity contribution in [1.82, 2.24) is 5.43 Å². The Kier molecular flexibility index (Phi) is 7.91. The molecule has 0 atom stereocenters. The third kappa shape index (κ3) is 5.74. The molecule has 0 unspecified atom stereocenters. The molecule has 0 aromatic heterocycles. The summed E-state index contributed by atoms with van der Waals surface area (Å²) in [4.78, 5) is 12.8. The Hall–Kier alpha value is -3.85. The van der Waals surface area contributed by atoms with E-state index in [1.807, 2.05) is 13.0 Å². The zero-order chi connectivity index (χ0) is 24.7. The third-order valence-electron chi connectivity index (χ3n) is 5.11. The van der Waals surface area contributed by atoms with Crippen molar-refractivity contribution in [2.24, 2.45) is 5.10 Å². The fourth-order valence-corrected chi connectivity index (χ4v) is 4.73. The van der Waals surface area contributed by atoms with Gasteiger partial charge in [0.15, 0.2) is 0 Å². The maximum absolute atomic E-state index is 13.5. The summed E-state index contributed by atoms with van der Waals surface area (Å²) in [5.41, 5.74) is 5.09. The van der Waals surface area contributed by atoms with Gasteiger partial charge in [0.25, 0.3) is 15.9 Å². The molecule has 3 aromatic rings. The number of ether oxygens (including phenoxy) is 2. The fraction of sp³-hybridized carbons (Fsp3) is 0.200. The summed E-state index contributed by atoms with van der Waals surface area (Å²) in [7, 11) is -0.933. The molecule has 0 aliphatic carbocycles. The molecule has 34 heavy (non-hydrogen) atoms. The smallest absolute Gasteiger partial charge is 0.264 e. The Morgan fingerprint density at radius 2 is 1.71 bits per heavy atom. The molecule has 0 spiro atoms. The van der Waals surface area contributed by atoms with Crippen LogP contribution in [0.4, 0.5) is 5.69 Å². The lowest BCUT2D eigenvalue weighted by molar-refractivity contribution is -0.119. The van der Waals surface area contributed by atoms with E-state index in [-0.39, 0.29) is 4.90 Å². The van der Waals surface area contributed by atoms with Crippen LogP contribution in [0.3, 0.4) is 0 Å². The van der Waals surface area contributed by atoms with Gasteiger partial charge in [-0.15, -0.1) is 0 Å². The van der Waals surface area contributed by atoms with Gasteiger partial charge in [0.2, 0.25) is 0 Å². The minimum atomic E-state index is -4.00. The Bertz CT molecular complexity index is 1290. The Morgan fingerprint density at radius 3 is 2.35 bits per heavy atom. The number of methoxy groups -OCH3 is 2. The van der Waals surface area contributed by atoms with Crippen LogP contribution < -0.4 is 19.2 Å². The summed E-state index contributed by atoms with van der Waals surface area (Å²) >= 11 is 0. The SMILES string of the molecule is COc1ccc(/C=N/NC(=O)CN(c2ccccc2C)S(=O)(=O)c2ccc(C)cc2)c(OC)c1. The number of nitrogens with zero attached hydrogens (tertiary/aromatic N) is 2. The van der Waals surface area contributed by atoms with Gasteiger partial charge in [0.1, 0.15) is 18.0 Å². The van der Waals surface area contributed by atoms with Gasteiger partial charge in [-0.1, -0.05) is 35.9 Å². The first-order valence-corrected chi connectivity index (χ1v) is 11.9. The first kappa shape index (κ1) is 24.8. The van der Waals surface area contributed by atoms with Crippen LogP contribution in [0.1, 0.15) is 16.7 Å². The molecule has 8 nitrogen and oxygen atoms in total. The number of hydrazone groups is 1. The molecule has 3 rings (SSSR count). The van der Waals surface area contributed by atoms with E-state index >= 15 is 0 Å². The predicted octanol–water partition coefficient (Wildman–Crippen LogP) is 3.67. The number of aryl methyl sites for hydroxylation is 2. The zero-order valence-corrected chi connectivity index (χ0v) is 20.3. The van der Waals surface area contributed by atoms with Crippen LogP contribution in [0.5, 0.6) is 11.5 Å². The average Bonchev–Trinajstić information content (AvgIpc) is 2.83. The molecule has 1 amide bonds. The Labute approximate surface area is 199 Å². The Balaban J connectivity index is 1.84. The number of sulfonamides is 1. The highest BCUT2D eigenvalue weighted by atomic mass is 32.2. The van der Waals surface area contributed by atoms with Gasteiger partial charge >= 0.3 is 0 Å². The highest BCUT2D eigenvalue weighted by Crippen LogP contribution is 2.27. The van der Waals surface area contributed by atoms with Crippen molar-refractivity contribution in [2.45, 2.75) is 18.7 Å². The van der Waals surface area contributed by atoms with E-state index in [2.05, 4.69) is 10.5 Å². The van der Waals surface area contributed by atoms with Crippen LogP contribution in [-0.2, 0) is 14.8 Å². The van der Waals surface area contributed by atoms with Crippen molar-refractivity contribution in [1.29, 1.82) is 0 Å². The lowest BCUT2D eigenvalue weighted by Crippen LogP contribution is -2.40.